The molecule has 1 aromatic carbocycles. The van der Waals surface area contributed by atoms with Gasteiger partial charge in [0.15, 0.2) is 0 Å². The molecule has 106 valence electrons. The fourth-order valence-electron chi connectivity index (χ4n) is 2.05. The van der Waals surface area contributed by atoms with Crippen LogP contribution in [0.5, 0.6) is 0 Å². The lowest BCUT2D eigenvalue weighted by Crippen LogP contribution is -2.00. The molecule has 0 fully saturated rings. The van der Waals surface area contributed by atoms with Crippen LogP contribution in [0.4, 0.5) is 0 Å². The zero-order valence-corrected chi connectivity index (χ0v) is 12.4. The van der Waals surface area contributed by atoms with Gasteiger partial charge in [0.2, 0.25) is 0 Å². The minimum absolute atomic E-state index is 0.185. The van der Waals surface area contributed by atoms with Gasteiger partial charge in [-0.1, -0.05) is 41.9 Å². The number of thiophene rings is 1. The van der Waals surface area contributed by atoms with Crippen LogP contribution in [0.1, 0.15) is 15.9 Å². The van der Waals surface area contributed by atoms with E-state index in [4.69, 9.17) is 11.6 Å². The third-order valence-corrected chi connectivity index (χ3v) is 4.22. The Morgan fingerprint density at radius 3 is 2.62 bits per heavy atom. The molecule has 2 aromatic heterocycles. The Morgan fingerprint density at radius 2 is 2.00 bits per heavy atom. The molecule has 0 spiro atoms. The van der Waals surface area contributed by atoms with Crippen LogP contribution in [0.2, 0.25) is 4.34 Å². The fraction of sp³-hybridized carbons (Fsp3) is 0.0667. The van der Waals surface area contributed by atoms with E-state index in [1.165, 1.54) is 11.3 Å². The maximum atomic E-state index is 11.4. The molecule has 21 heavy (non-hydrogen) atoms. The van der Waals surface area contributed by atoms with Gasteiger partial charge in [-0.3, -0.25) is 4.68 Å². The van der Waals surface area contributed by atoms with Gasteiger partial charge in [0.05, 0.1) is 15.8 Å². The van der Waals surface area contributed by atoms with Crippen LogP contribution >= 0.6 is 22.9 Å². The number of carboxylic acids is 1. The van der Waals surface area contributed by atoms with Gasteiger partial charge in [-0.25, -0.2) is 4.79 Å². The van der Waals surface area contributed by atoms with Crippen LogP contribution in [-0.4, -0.2) is 20.9 Å². The SMILES string of the molecule is O=C(O)c1cn(Cc2ccccc2)nc1-c1ccc(Cl)s1. The number of nitrogens with zero attached hydrogens (tertiary/aromatic N) is 2. The molecule has 0 radical (unpaired) electrons. The maximum absolute atomic E-state index is 11.4. The third-order valence-electron chi connectivity index (χ3n) is 2.99. The number of rotatable bonds is 4. The van der Waals surface area contributed by atoms with Crippen molar-refractivity contribution in [2.45, 2.75) is 6.54 Å². The number of benzene rings is 1. The van der Waals surface area contributed by atoms with Crippen LogP contribution < -0.4 is 0 Å². The number of aromatic carboxylic acids is 1. The molecule has 0 aliphatic heterocycles. The van der Waals surface area contributed by atoms with Crippen molar-refractivity contribution in [1.29, 1.82) is 0 Å². The second-order valence-corrected chi connectivity index (χ2v) is 6.20. The molecule has 1 N–H and O–H groups in total. The maximum Gasteiger partial charge on any atom is 0.339 e. The Labute approximate surface area is 130 Å². The zero-order valence-electron chi connectivity index (χ0n) is 10.9. The van der Waals surface area contributed by atoms with E-state index in [0.717, 1.165) is 10.4 Å². The van der Waals surface area contributed by atoms with Gasteiger partial charge in [0, 0.05) is 6.20 Å². The van der Waals surface area contributed by atoms with Gasteiger partial charge >= 0.3 is 5.97 Å². The zero-order chi connectivity index (χ0) is 14.8. The number of carbonyl (C=O) groups is 1. The molecule has 0 saturated carbocycles. The number of halogens is 1. The van der Waals surface area contributed by atoms with Gasteiger partial charge in [-0.15, -0.1) is 11.3 Å². The summed E-state index contributed by atoms with van der Waals surface area (Å²) in [5.41, 5.74) is 1.70. The Hall–Kier alpha value is -2.11. The largest absolute Gasteiger partial charge is 0.478 e. The predicted octanol–water partition coefficient (Wildman–Crippen LogP) is 4.01. The Morgan fingerprint density at radius 1 is 1.24 bits per heavy atom. The van der Waals surface area contributed by atoms with Crippen molar-refractivity contribution >= 4 is 28.9 Å². The van der Waals surface area contributed by atoms with E-state index in [2.05, 4.69) is 5.10 Å². The first kappa shape index (κ1) is 13.9. The number of carboxylic acid groups (broad SMARTS) is 1. The predicted molar refractivity (Wildman–Crippen MR) is 83.1 cm³/mol. The van der Waals surface area contributed by atoms with Crippen molar-refractivity contribution in [2.75, 3.05) is 0 Å². The normalized spacial score (nSPS) is 10.7. The Balaban J connectivity index is 1.99. The van der Waals surface area contributed by atoms with Crippen molar-refractivity contribution in [3.05, 3.63) is 64.1 Å². The quantitative estimate of drug-likeness (QED) is 0.790. The Kier molecular flexibility index (Phi) is 3.77. The summed E-state index contributed by atoms with van der Waals surface area (Å²) in [4.78, 5) is 12.1. The minimum atomic E-state index is -0.992. The highest BCUT2D eigenvalue weighted by atomic mass is 35.5. The minimum Gasteiger partial charge on any atom is -0.478 e. The highest BCUT2D eigenvalue weighted by molar-refractivity contribution is 7.19. The number of hydrogen-bond donors (Lipinski definition) is 1. The first-order valence-corrected chi connectivity index (χ1v) is 7.43. The highest BCUT2D eigenvalue weighted by Crippen LogP contribution is 2.32. The molecular formula is C15H11ClN2O2S. The van der Waals surface area contributed by atoms with E-state index in [0.29, 0.717) is 16.6 Å². The Bertz CT molecular complexity index is 780. The lowest BCUT2D eigenvalue weighted by Gasteiger charge is -2.00. The second kappa shape index (κ2) is 5.71. The van der Waals surface area contributed by atoms with Crippen LogP contribution in [0, 0.1) is 0 Å². The molecule has 0 unspecified atom stereocenters. The van der Waals surface area contributed by atoms with Crippen molar-refractivity contribution < 1.29 is 9.90 Å². The van der Waals surface area contributed by atoms with Gasteiger partial charge in [-0.05, 0) is 17.7 Å². The van der Waals surface area contributed by atoms with Crippen molar-refractivity contribution in [1.82, 2.24) is 9.78 Å². The standard InChI is InChI=1S/C15H11ClN2O2S/c16-13-7-6-12(21-13)14-11(15(19)20)9-18(17-14)8-10-4-2-1-3-5-10/h1-7,9H,8H2,(H,19,20). The van der Waals surface area contributed by atoms with E-state index >= 15 is 0 Å². The van der Waals surface area contributed by atoms with Crippen LogP contribution in [0.15, 0.2) is 48.7 Å². The van der Waals surface area contributed by atoms with Crippen LogP contribution in [0.3, 0.4) is 0 Å². The van der Waals surface area contributed by atoms with Gasteiger partial charge in [-0.2, -0.15) is 5.10 Å². The molecule has 0 atom stereocenters. The van der Waals surface area contributed by atoms with Crippen molar-refractivity contribution in [3.63, 3.8) is 0 Å². The molecule has 0 bridgehead atoms. The summed E-state index contributed by atoms with van der Waals surface area (Å²) in [5.74, 6) is -0.992. The molecule has 0 saturated heterocycles. The van der Waals surface area contributed by atoms with E-state index in [1.54, 1.807) is 23.0 Å². The monoisotopic (exact) mass is 318 g/mol. The molecule has 6 heteroatoms. The van der Waals surface area contributed by atoms with E-state index < -0.39 is 5.97 Å². The van der Waals surface area contributed by atoms with Crippen LogP contribution in [0.25, 0.3) is 10.6 Å². The van der Waals surface area contributed by atoms with Crippen molar-refractivity contribution in [2.24, 2.45) is 0 Å². The number of hydrogen-bond acceptors (Lipinski definition) is 3. The molecule has 4 nitrogen and oxygen atoms in total. The van der Waals surface area contributed by atoms with Gasteiger partial charge in [0.25, 0.3) is 0 Å². The van der Waals surface area contributed by atoms with E-state index in [1.807, 2.05) is 30.3 Å². The highest BCUT2D eigenvalue weighted by Gasteiger charge is 2.18. The molecule has 0 amide bonds. The smallest absolute Gasteiger partial charge is 0.339 e. The summed E-state index contributed by atoms with van der Waals surface area (Å²) in [5, 5.41) is 13.7. The summed E-state index contributed by atoms with van der Waals surface area (Å²) in [7, 11) is 0. The molecular weight excluding hydrogens is 308 g/mol. The lowest BCUT2D eigenvalue weighted by atomic mass is 10.2. The summed E-state index contributed by atoms with van der Waals surface area (Å²) < 4.78 is 2.25. The first-order chi connectivity index (χ1) is 10.1. The topological polar surface area (TPSA) is 55.1 Å². The van der Waals surface area contributed by atoms with E-state index in [9.17, 15) is 9.90 Å². The molecule has 0 aliphatic rings. The average Bonchev–Trinajstić information content (AvgIpc) is 3.06. The van der Waals surface area contributed by atoms with Crippen molar-refractivity contribution in [3.8, 4) is 10.6 Å². The molecule has 3 rings (SSSR count). The van der Waals surface area contributed by atoms with E-state index in [-0.39, 0.29) is 5.56 Å². The molecule has 0 aliphatic carbocycles. The van der Waals surface area contributed by atoms with Crippen LogP contribution in [-0.2, 0) is 6.54 Å². The molecule has 3 aromatic rings. The summed E-state index contributed by atoms with van der Waals surface area (Å²) in [6.45, 7) is 0.528. The first-order valence-electron chi connectivity index (χ1n) is 6.24. The number of aromatic nitrogens is 2. The fourth-order valence-corrected chi connectivity index (χ4v) is 3.09. The van der Waals surface area contributed by atoms with Gasteiger partial charge < -0.3 is 5.11 Å². The summed E-state index contributed by atoms with van der Waals surface area (Å²) in [6, 6.07) is 13.3. The lowest BCUT2D eigenvalue weighted by molar-refractivity contribution is 0.0697. The average molecular weight is 319 g/mol. The summed E-state index contributed by atoms with van der Waals surface area (Å²) >= 11 is 7.23. The summed E-state index contributed by atoms with van der Waals surface area (Å²) in [6.07, 6.45) is 1.55. The molecule has 2 heterocycles. The third kappa shape index (κ3) is 2.99. The second-order valence-electron chi connectivity index (χ2n) is 4.48. The van der Waals surface area contributed by atoms with Gasteiger partial charge in [0.1, 0.15) is 11.3 Å².